The molecule has 0 amide bonds. The summed E-state index contributed by atoms with van der Waals surface area (Å²) in [4.78, 5) is 0. The van der Waals surface area contributed by atoms with Crippen molar-refractivity contribution in [3.8, 4) is 11.8 Å². The van der Waals surface area contributed by atoms with Gasteiger partial charge in [0.05, 0.1) is 12.7 Å². The van der Waals surface area contributed by atoms with E-state index in [0.717, 1.165) is 24.2 Å². The Morgan fingerprint density at radius 3 is 2.88 bits per heavy atom. The van der Waals surface area contributed by atoms with E-state index in [4.69, 9.17) is 15.7 Å². The zero-order valence-corrected chi connectivity index (χ0v) is 10.1. The number of ether oxygens (including phenoxy) is 1. The maximum Gasteiger partial charge on any atom is 0.119 e. The number of hydrogen-bond donors (Lipinski definition) is 1. The smallest absolute Gasteiger partial charge is 0.119 e. The van der Waals surface area contributed by atoms with Gasteiger partial charge < -0.3 is 10.5 Å². The van der Waals surface area contributed by atoms with E-state index in [2.05, 4.69) is 6.07 Å². The predicted molar refractivity (Wildman–Crippen MR) is 66.4 cm³/mol. The Morgan fingerprint density at radius 1 is 1.53 bits per heavy atom. The first kappa shape index (κ1) is 11.9. The van der Waals surface area contributed by atoms with Gasteiger partial charge in [-0.3, -0.25) is 0 Å². The molecule has 3 heteroatoms. The maximum absolute atomic E-state index is 8.73. The van der Waals surface area contributed by atoms with Crippen LogP contribution in [0.4, 0.5) is 0 Å². The zero-order chi connectivity index (χ0) is 12.3. The lowest BCUT2D eigenvalue weighted by molar-refractivity contribution is 0.236. The van der Waals surface area contributed by atoms with Crippen LogP contribution in [-0.2, 0) is 0 Å². The van der Waals surface area contributed by atoms with E-state index >= 15 is 0 Å². The standard InChI is InChI=1S/C14H18N2O/c1-11(16)12-3-2-4-13(9-12)17-10-14(5-6-14)7-8-15/h2-4,9,11H,5-7,10,16H2,1H3. The molecule has 3 nitrogen and oxygen atoms in total. The highest BCUT2D eigenvalue weighted by molar-refractivity contribution is 5.30. The highest BCUT2D eigenvalue weighted by Gasteiger charge is 2.43. The molecular formula is C14H18N2O. The van der Waals surface area contributed by atoms with Crippen molar-refractivity contribution in [1.29, 1.82) is 5.26 Å². The highest BCUT2D eigenvalue weighted by Crippen LogP contribution is 2.48. The fourth-order valence-electron chi connectivity index (χ4n) is 1.84. The molecule has 1 unspecified atom stereocenters. The molecule has 90 valence electrons. The Morgan fingerprint density at radius 2 is 2.29 bits per heavy atom. The zero-order valence-electron chi connectivity index (χ0n) is 10.1. The van der Waals surface area contributed by atoms with E-state index < -0.39 is 0 Å². The van der Waals surface area contributed by atoms with Crippen molar-refractivity contribution in [3.05, 3.63) is 29.8 Å². The molecule has 1 aliphatic carbocycles. The van der Waals surface area contributed by atoms with Crippen molar-refractivity contribution in [3.63, 3.8) is 0 Å². The first-order chi connectivity index (χ1) is 8.15. The van der Waals surface area contributed by atoms with Gasteiger partial charge in [0, 0.05) is 17.9 Å². The molecule has 1 saturated carbocycles. The van der Waals surface area contributed by atoms with Crippen molar-refractivity contribution in [1.82, 2.24) is 0 Å². The number of hydrogen-bond acceptors (Lipinski definition) is 3. The minimum Gasteiger partial charge on any atom is -0.493 e. The SMILES string of the molecule is CC(N)c1cccc(OCC2(CC#N)CC2)c1. The van der Waals surface area contributed by atoms with Crippen LogP contribution in [0.1, 0.15) is 37.8 Å². The van der Waals surface area contributed by atoms with Crippen LogP contribution in [0.25, 0.3) is 0 Å². The van der Waals surface area contributed by atoms with Gasteiger partial charge in [-0.05, 0) is 37.5 Å². The topological polar surface area (TPSA) is 59.0 Å². The van der Waals surface area contributed by atoms with Gasteiger partial charge in [0.2, 0.25) is 0 Å². The van der Waals surface area contributed by atoms with Crippen LogP contribution in [-0.4, -0.2) is 6.61 Å². The average Bonchev–Trinajstić information content (AvgIpc) is 3.08. The molecule has 0 spiro atoms. The lowest BCUT2D eigenvalue weighted by atomic mass is 10.1. The van der Waals surface area contributed by atoms with E-state index in [0.29, 0.717) is 13.0 Å². The second kappa shape index (κ2) is 4.77. The lowest BCUT2D eigenvalue weighted by Gasteiger charge is -2.14. The third-order valence-electron chi connectivity index (χ3n) is 3.34. The summed E-state index contributed by atoms with van der Waals surface area (Å²) in [6, 6.07) is 10.1. The van der Waals surface area contributed by atoms with Crippen LogP contribution in [0, 0.1) is 16.7 Å². The van der Waals surface area contributed by atoms with Crippen LogP contribution in [0.5, 0.6) is 5.75 Å². The quantitative estimate of drug-likeness (QED) is 0.846. The molecule has 0 heterocycles. The van der Waals surface area contributed by atoms with Gasteiger partial charge in [-0.2, -0.15) is 5.26 Å². The Bertz CT molecular complexity index is 430. The summed E-state index contributed by atoms with van der Waals surface area (Å²) in [6.45, 7) is 2.60. The largest absolute Gasteiger partial charge is 0.493 e. The Hall–Kier alpha value is -1.53. The molecule has 1 fully saturated rings. The van der Waals surface area contributed by atoms with Gasteiger partial charge in [0.25, 0.3) is 0 Å². The summed E-state index contributed by atoms with van der Waals surface area (Å²) >= 11 is 0. The average molecular weight is 230 g/mol. The Labute approximate surface area is 102 Å². The molecule has 2 rings (SSSR count). The summed E-state index contributed by atoms with van der Waals surface area (Å²) in [5, 5.41) is 8.73. The van der Waals surface area contributed by atoms with Crippen molar-refractivity contribution in [2.75, 3.05) is 6.61 Å². The number of rotatable bonds is 5. The van der Waals surface area contributed by atoms with E-state index in [1.165, 1.54) is 0 Å². The predicted octanol–water partition coefficient (Wildman–Crippen LogP) is 2.78. The second-order valence-electron chi connectivity index (χ2n) is 4.98. The first-order valence-corrected chi connectivity index (χ1v) is 6.00. The maximum atomic E-state index is 8.73. The van der Waals surface area contributed by atoms with E-state index in [1.807, 2.05) is 31.2 Å². The molecule has 2 N–H and O–H groups in total. The third-order valence-corrected chi connectivity index (χ3v) is 3.34. The lowest BCUT2D eigenvalue weighted by Crippen LogP contribution is -2.12. The molecule has 1 aromatic carbocycles. The Kier molecular flexibility index (Phi) is 3.35. The van der Waals surface area contributed by atoms with Crippen LogP contribution in [0.3, 0.4) is 0 Å². The molecule has 1 aromatic rings. The molecular weight excluding hydrogens is 212 g/mol. The second-order valence-corrected chi connectivity index (χ2v) is 4.98. The monoisotopic (exact) mass is 230 g/mol. The van der Waals surface area contributed by atoms with E-state index in [1.54, 1.807) is 0 Å². The fraction of sp³-hybridized carbons (Fsp3) is 0.500. The van der Waals surface area contributed by atoms with Gasteiger partial charge in [-0.15, -0.1) is 0 Å². The summed E-state index contributed by atoms with van der Waals surface area (Å²) in [7, 11) is 0. The van der Waals surface area contributed by atoms with Crippen LogP contribution < -0.4 is 10.5 Å². The molecule has 0 radical (unpaired) electrons. The van der Waals surface area contributed by atoms with Gasteiger partial charge in [-0.25, -0.2) is 0 Å². The molecule has 0 aromatic heterocycles. The third kappa shape index (κ3) is 2.98. The summed E-state index contributed by atoms with van der Waals surface area (Å²) < 4.78 is 5.77. The minimum absolute atomic E-state index is 0.0209. The van der Waals surface area contributed by atoms with E-state index in [9.17, 15) is 0 Å². The van der Waals surface area contributed by atoms with E-state index in [-0.39, 0.29) is 11.5 Å². The van der Waals surface area contributed by atoms with Crippen molar-refractivity contribution in [2.45, 2.75) is 32.2 Å². The summed E-state index contributed by atoms with van der Waals surface area (Å²) in [5.74, 6) is 0.851. The molecule has 17 heavy (non-hydrogen) atoms. The summed E-state index contributed by atoms with van der Waals surface area (Å²) in [5.41, 5.74) is 7.03. The van der Waals surface area contributed by atoms with Crippen LogP contribution >= 0.6 is 0 Å². The highest BCUT2D eigenvalue weighted by atomic mass is 16.5. The minimum atomic E-state index is 0.0209. The molecule has 1 atom stereocenters. The van der Waals surface area contributed by atoms with Crippen molar-refractivity contribution in [2.24, 2.45) is 11.1 Å². The van der Waals surface area contributed by atoms with Gasteiger partial charge in [-0.1, -0.05) is 12.1 Å². The van der Waals surface area contributed by atoms with Crippen molar-refractivity contribution < 1.29 is 4.74 Å². The fourth-order valence-corrected chi connectivity index (χ4v) is 1.84. The van der Waals surface area contributed by atoms with Crippen LogP contribution in [0.2, 0.25) is 0 Å². The number of nitrogens with zero attached hydrogens (tertiary/aromatic N) is 1. The van der Waals surface area contributed by atoms with Crippen LogP contribution in [0.15, 0.2) is 24.3 Å². The normalized spacial score (nSPS) is 18.2. The number of benzene rings is 1. The molecule has 0 aliphatic heterocycles. The first-order valence-electron chi connectivity index (χ1n) is 6.00. The molecule has 0 bridgehead atoms. The van der Waals surface area contributed by atoms with Gasteiger partial charge in [0.1, 0.15) is 5.75 Å². The van der Waals surface area contributed by atoms with Gasteiger partial charge in [0.15, 0.2) is 0 Å². The number of nitriles is 1. The number of nitrogens with two attached hydrogens (primary N) is 1. The Balaban J connectivity index is 1.95. The summed E-state index contributed by atoms with van der Waals surface area (Å²) in [6.07, 6.45) is 2.81. The molecule has 1 aliphatic rings. The molecule has 0 saturated heterocycles. The van der Waals surface area contributed by atoms with Crippen molar-refractivity contribution >= 4 is 0 Å². The van der Waals surface area contributed by atoms with Gasteiger partial charge >= 0.3 is 0 Å².